The molecule has 0 N–H and O–H groups in total. The molecule has 0 unspecified atom stereocenters. The van der Waals surface area contributed by atoms with E-state index in [4.69, 9.17) is 4.74 Å². The topological polar surface area (TPSA) is 12.5 Å². The first-order chi connectivity index (χ1) is 8.72. The van der Waals surface area contributed by atoms with Gasteiger partial charge in [0.2, 0.25) is 0 Å². The third-order valence-corrected chi connectivity index (χ3v) is 3.13. The predicted octanol–water partition coefficient (Wildman–Crippen LogP) is 3.49. The van der Waals surface area contributed by atoms with E-state index >= 15 is 0 Å². The van der Waals surface area contributed by atoms with Gasteiger partial charge in [0, 0.05) is 23.9 Å². The average Bonchev–Trinajstić information content (AvgIpc) is 2.38. The Balaban J connectivity index is 1.89. The third-order valence-electron chi connectivity index (χ3n) is 3.13. The Morgan fingerprint density at radius 2 is 2.06 bits per heavy atom. The van der Waals surface area contributed by atoms with Crippen LogP contribution in [0.3, 0.4) is 0 Å². The monoisotopic (exact) mass is 243 g/mol. The summed E-state index contributed by atoms with van der Waals surface area (Å²) >= 11 is 0. The second-order valence-corrected chi connectivity index (χ2v) is 4.56. The molecule has 2 aromatic rings. The molecule has 2 nitrogen and oxygen atoms in total. The molecule has 0 amide bonds. The Morgan fingerprint density at radius 1 is 1.17 bits per heavy atom. The lowest BCUT2D eigenvalue weighted by molar-refractivity contribution is 0.287. The second kappa shape index (κ2) is 4.33. The molecule has 3 rings (SSSR count). The molecule has 0 spiro atoms. The number of halogens is 1. The quantitative estimate of drug-likeness (QED) is 0.760. The molecule has 0 aliphatic carbocycles. The molecule has 0 saturated heterocycles. The Morgan fingerprint density at radius 3 is 2.89 bits per heavy atom. The SMILES string of the molecule is Cc1cccc(N2COc3cc(F)ccc3C2)c1. The Bertz CT molecular complexity index is 582. The maximum Gasteiger partial charge on any atom is 0.161 e. The number of hydrogen-bond acceptors (Lipinski definition) is 2. The first kappa shape index (κ1) is 11.1. The highest BCUT2D eigenvalue weighted by molar-refractivity contribution is 5.51. The van der Waals surface area contributed by atoms with Crippen LogP contribution in [-0.2, 0) is 6.54 Å². The van der Waals surface area contributed by atoms with Gasteiger partial charge in [0.05, 0.1) is 0 Å². The Hall–Kier alpha value is -2.03. The largest absolute Gasteiger partial charge is 0.473 e. The standard InChI is InChI=1S/C15H14FNO/c1-11-3-2-4-14(7-11)17-9-12-5-6-13(16)8-15(12)18-10-17/h2-8H,9-10H2,1H3. The van der Waals surface area contributed by atoms with E-state index in [1.54, 1.807) is 6.07 Å². The number of hydrogen-bond donors (Lipinski definition) is 0. The minimum absolute atomic E-state index is 0.252. The highest BCUT2D eigenvalue weighted by Gasteiger charge is 2.17. The summed E-state index contributed by atoms with van der Waals surface area (Å²) < 4.78 is 18.7. The van der Waals surface area contributed by atoms with Crippen molar-refractivity contribution >= 4 is 5.69 Å². The highest BCUT2D eigenvalue weighted by atomic mass is 19.1. The summed E-state index contributed by atoms with van der Waals surface area (Å²) in [6.45, 7) is 3.27. The first-order valence-corrected chi connectivity index (χ1v) is 5.95. The van der Waals surface area contributed by atoms with Gasteiger partial charge < -0.3 is 9.64 Å². The van der Waals surface area contributed by atoms with Crippen molar-refractivity contribution in [2.75, 3.05) is 11.6 Å². The molecule has 0 saturated carbocycles. The molecule has 0 aromatic heterocycles. The summed E-state index contributed by atoms with van der Waals surface area (Å²) in [6, 6.07) is 13.0. The van der Waals surface area contributed by atoms with Gasteiger partial charge in [0.15, 0.2) is 6.73 Å². The Labute approximate surface area is 106 Å². The van der Waals surface area contributed by atoms with Crippen molar-refractivity contribution in [3.63, 3.8) is 0 Å². The molecule has 1 heterocycles. The zero-order chi connectivity index (χ0) is 12.5. The summed E-state index contributed by atoms with van der Waals surface area (Å²) in [5.74, 6) is 0.400. The van der Waals surface area contributed by atoms with Crippen LogP contribution in [0.15, 0.2) is 42.5 Å². The lowest BCUT2D eigenvalue weighted by atomic mass is 10.1. The van der Waals surface area contributed by atoms with E-state index in [9.17, 15) is 4.39 Å². The molecule has 1 aliphatic heterocycles. The minimum atomic E-state index is -0.252. The van der Waals surface area contributed by atoms with E-state index in [2.05, 4.69) is 30.0 Å². The van der Waals surface area contributed by atoms with Crippen LogP contribution in [0.5, 0.6) is 5.75 Å². The predicted molar refractivity (Wildman–Crippen MR) is 69.3 cm³/mol. The zero-order valence-electron chi connectivity index (χ0n) is 10.2. The third kappa shape index (κ3) is 2.04. The van der Waals surface area contributed by atoms with Gasteiger partial charge in [-0.2, -0.15) is 0 Å². The summed E-state index contributed by atoms with van der Waals surface area (Å²) in [4.78, 5) is 2.13. The summed E-state index contributed by atoms with van der Waals surface area (Å²) in [6.07, 6.45) is 0. The van der Waals surface area contributed by atoms with E-state index < -0.39 is 0 Å². The number of ether oxygens (including phenoxy) is 1. The number of anilines is 1. The Kier molecular flexibility index (Phi) is 2.67. The van der Waals surface area contributed by atoms with Crippen LogP contribution in [0.2, 0.25) is 0 Å². The lowest BCUT2D eigenvalue weighted by Gasteiger charge is -2.30. The fourth-order valence-electron chi connectivity index (χ4n) is 2.18. The molecular weight excluding hydrogens is 229 g/mol. The van der Waals surface area contributed by atoms with Crippen LogP contribution in [0.4, 0.5) is 10.1 Å². The van der Waals surface area contributed by atoms with Crippen molar-refractivity contribution in [3.8, 4) is 5.75 Å². The van der Waals surface area contributed by atoms with Crippen LogP contribution in [0, 0.1) is 12.7 Å². The van der Waals surface area contributed by atoms with Crippen LogP contribution in [0.1, 0.15) is 11.1 Å². The van der Waals surface area contributed by atoms with Gasteiger partial charge >= 0.3 is 0 Å². The van der Waals surface area contributed by atoms with E-state index in [-0.39, 0.29) is 5.82 Å². The van der Waals surface area contributed by atoms with Crippen molar-refractivity contribution in [3.05, 3.63) is 59.4 Å². The molecule has 0 radical (unpaired) electrons. The van der Waals surface area contributed by atoms with E-state index in [1.807, 2.05) is 6.07 Å². The number of nitrogens with zero attached hydrogens (tertiary/aromatic N) is 1. The van der Waals surface area contributed by atoms with Gasteiger partial charge in [0.25, 0.3) is 0 Å². The van der Waals surface area contributed by atoms with Gasteiger partial charge in [0.1, 0.15) is 11.6 Å². The number of aryl methyl sites for hydroxylation is 1. The van der Waals surface area contributed by atoms with Crippen molar-refractivity contribution in [1.82, 2.24) is 0 Å². The number of benzene rings is 2. The molecule has 18 heavy (non-hydrogen) atoms. The van der Waals surface area contributed by atoms with Crippen molar-refractivity contribution < 1.29 is 9.13 Å². The summed E-state index contributed by atoms with van der Waals surface area (Å²) in [5, 5.41) is 0. The zero-order valence-corrected chi connectivity index (χ0v) is 10.2. The lowest BCUT2D eigenvalue weighted by Crippen LogP contribution is -2.31. The fraction of sp³-hybridized carbons (Fsp3) is 0.200. The van der Waals surface area contributed by atoms with E-state index in [0.717, 1.165) is 17.8 Å². The van der Waals surface area contributed by atoms with Crippen LogP contribution < -0.4 is 9.64 Å². The molecule has 3 heteroatoms. The molecule has 2 aromatic carbocycles. The maximum absolute atomic E-state index is 13.1. The molecule has 0 fully saturated rings. The van der Waals surface area contributed by atoms with E-state index in [0.29, 0.717) is 12.5 Å². The first-order valence-electron chi connectivity index (χ1n) is 5.95. The van der Waals surface area contributed by atoms with Gasteiger partial charge in [-0.1, -0.05) is 18.2 Å². The van der Waals surface area contributed by atoms with Crippen LogP contribution >= 0.6 is 0 Å². The molecule has 0 bridgehead atoms. The van der Waals surface area contributed by atoms with Crippen LogP contribution in [0.25, 0.3) is 0 Å². The molecule has 92 valence electrons. The smallest absolute Gasteiger partial charge is 0.161 e. The maximum atomic E-state index is 13.1. The van der Waals surface area contributed by atoms with Crippen molar-refractivity contribution in [2.45, 2.75) is 13.5 Å². The second-order valence-electron chi connectivity index (χ2n) is 4.56. The molecule has 1 aliphatic rings. The average molecular weight is 243 g/mol. The van der Waals surface area contributed by atoms with Gasteiger partial charge in [-0.15, -0.1) is 0 Å². The molecule has 0 atom stereocenters. The fourth-order valence-corrected chi connectivity index (χ4v) is 2.18. The van der Waals surface area contributed by atoms with Crippen molar-refractivity contribution in [2.24, 2.45) is 0 Å². The van der Waals surface area contributed by atoms with Gasteiger partial charge in [-0.3, -0.25) is 0 Å². The summed E-state index contributed by atoms with van der Waals surface area (Å²) in [5.41, 5.74) is 3.37. The minimum Gasteiger partial charge on any atom is -0.473 e. The van der Waals surface area contributed by atoms with Crippen molar-refractivity contribution in [1.29, 1.82) is 0 Å². The normalized spacial score (nSPS) is 14.0. The van der Waals surface area contributed by atoms with Gasteiger partial charge in [-0.05, 0) is 30.7 Å². The van der Waals surface area contributed by atoms with E-state index in [1.165, 1.54) is 17.7 Å². The number of rotatable bonds is 1. The molecular formula is C15H14FNO. The highest BCUT2D eigenvalue weighted by Crippen LogP contribution is 2.29. The van der Waals surface area contributed by atoms with Crippen LogP contribution in [-0.4, -0.2) is 6.73 Å². The summed E-state index contributed by atoms with van der Waals surface area (Å²) in [7, 11) is 0. The number of fused-ring (bicyclic) bond motifs is 1. The van der Waals surface area contributed by atoms with Gasteiger partial charge in [-0.25, -0.2) is 4.39 Å².